The Morgan fingerprint density at radius 1 is 1.10 bits per heavy atom. The number of amides is 1. The molecule has 0 saturated heterocycles. The van der Waals surface area contributed by atoms with Crippen LogP contribution in [0.1, 0.15) is 42.6 Å². The Hall–Kier alpha value is -2.64. The minimum atomic E-state index is -0.466. The summed E-state index contributed by atoms with van der Waals surface area (Å²) in [6.07, 6.45) is 0. The van der Waals surface area contributed by atoms with E-state index < -0.39 is 5.97 Å². The molecule has 7 heteroatoms. The van der Waals surface area contributed by atoms with Gasteiger partial charge in [0.05, 0.1) is 12.2 Å². The summed E-state index contributed by atoms with van der Waals surface area (Å²) in [7, 11) is 0. The van der Waals surface area contributed by atoms with Gasteiger partial charge in [0.2, 0.25) is 0 Å². The molecule has 5 nitrogen and oxygen atoms in total. The number of anilines is 1. The van der Waals surface area contributed by atoms with Gasteiger partial charge < -0.3 is 14.8 Å². The first kappa shape index (κ1) is 23.0. The first-order valence-electron chi connectivity index (χ1n) is 9.97. The summed E-state index contributed by atoms with van der Waals surface area (Å²) in [4.78, 5) is 25.9. The molecule has 3 aromatic rings. The number of carbonyl (C=O) groups excluding carboxylic acids is 2. The van der Waals surface area contributed by atoms with Crippen molar-refractivity contribution in [2.75, 3.05) is 18.5 Å². The average Bonchev–Trinajstić information content (AvgIpc) is 3.17. The number of halogens is 1. The van der Waals surface area contributed by atoms with Crippen LogP contribution >= 0.6 is 27.3 Å². The van der Waals surface area contributed by atoms with E-state index in [0.29, 0.717) is 16.3 Å². The van der Waals surface area contributed by atoms with Crippen LogP contribution in [0.2, 0.25) is 0 Å². The van der Waals surface area contributed by atoms with E-state index in [2.05, 4.69) is 35.1 Å². The third-order valence-electron chi connectivity index (χ3n) is 4.49. The summed E-state index contributed by atoms with van der Waals surface area (Å²) in [5, 5.41) is 3.26. The Labute approximate surface area is 194 Å². The summed E-state index contributed by atoms with van der Waals surface area (Å²) in [5.74, 6) is 0.101. The molecular formula is C24H24BrNO4S. The largest absolute Gasteiger partial charge is 0.483 e. The number of hydrogen-bond acceptors (Lipinski definition) is 5. The Morgan fingerprint density at radius 2 is 1.84 bits per heavy atom. The molecule has 0 bridgehead atoms. The van der Waals surface area contributed by atoms with Crippen LogP contribution in [-0.2, 0) is 9.53 Å². The number of nitrogens with one attached hydrogen (secondary N) is 1. The van der Waals surface area contributed by atoms with E-state index in [1.807, 2.05) is 48.5 Å². The van der Waals surface area contributed by atoms with Crippen LogP contribution in [0.3, 0.4) is 0 Å². The van der Waals surface area contributed by atoms with E-state index in [1.54, 1.807) is 13.0 Å². The van der Waals surface area contributed by atoms with E-state index in [4.69, 9.17) is 9.47 Å². The van der Waals surface area contributed by atoms with Gasteiger partial charge in [-0.3, -0.25) is 4.79 Å². The van der Waals surface area contributed by atoms with Crippen molar-refractivity contribution in [2.24, 2.45) is 0 Å². The summed E-state index contributed by atoms with van der Waals surface area (Å²) in [5.41, 5.74) is 2.31. The zero-order valence-electron chi connectivity index (χ0n) is 17.6. The number of esters is 1. The molecule has 0 radical (unpaired) electrons. The van der Waals surface area contributed by atoms with Crippen molar-refractivity contribution < 1.29 is 19.1 Å². The van der Waals surface area contributed by atoms with Crippen LogP contribution in [-0.4, -0.2) is 25.1 Å². The minimum absolute atomic E-state index is 0.164. The highest BCUT2D eigenvalue weighted by Gasteiger charge is 2.20. The topological polar surface area (TPSA) is 64.6 Å². The first-order valence-corrected chi connectivity index (χ1v) is 11.6. The number of ether oxygens (including phenoxy) is 2. The summed E-state index contributed by atoms with van der Waals surface area (Å²) < 4.78 is 11.9. The van der Waals surface area contributed by atoms with Gasteiger partial charge in [0.15, 0.2) is 6.61 Å². The maximum atomic E-state index is 12.6. The number of rotatable bonds is 8. The lowest BCUT2D eigenvalue weighted by Gasteiger charge is -2.14. The molecule has 0 saturated carbocycles. The van der Waals surface area contributed by atoms with Gasteiger partial charge in [0, 0.05) is 9.35 Å². The van der Waals surface area contributed by atoms with Gasteiger partial charge in [-0.1, -0.05) is 60.1 Å². The molecule has 3 rings (SSSR count). The highest BCUT2D eigenvalue weighted by atomic mass is 79.9. The fourth-order valence-corrected chi connectivity index (χ4v) is 4.44. The second-order valence-corrected chi connectivity index (χ2v) is 9.08. The van der Waals surface area contributed by atoms with Gasteiger partial charge >= 0.3 is 5.97 Å². The van der Waals surface area contributed by atoms with Crippen molar-refractivity contribution in [2.45, 2.75) is 26.7 Å². The van der Waals surface area contributed by atoms with Crippen molar-refractivity contribution in [3.8, 4) is 16.2 Å². The van der Waals surface area contributed by atoms with Gasteiger partial charge in [0.25, 0.3) is 5.91 Å². The van der Waals surface area contributed by atoms with Crippen molar-refractivity contribution in [1.82, 2.24) is 0 Å². The summed E-state index contributed by atoms with van der Waals surface area (Å²) in [6, 6.07) is 17.1. The second kappa shape index (κ2) is 10.6. The normalized spacial score (nSPS) is 10.7. The average molecular weight is 502 g/mol. The fourth-order valence-electron chi connectivity index (χ4n) is 3.00. The number of benzene rings is 2. The van der Waals surface area contributed by atoms with Crippen LogP contribution < -0.4 is 10.1 Å². The lowest BCUT2D eigenvalue weighted by Crippen LogP contribution is -2.21. The molecule has 31 heavy (non-hydrogen) atoms. The molecule has 1 aromatic heterocycles. The monoisotopic (exact) mass is 501 g/mol. The Bertz CT molecular complexity index is 1060. The summed E-state index contributed by atoms with van der Waals surface area (Å²) >= 11 is 4.80. The molecule has 1 amide bonds. The highest BCUT2D eigenvalue weighted by molar-refractivity contribution is 9.10. The predicted molar refractivity (Wildman–Crippen MR) is 128 cm³/mol. The Morgan fingerprint density at radius 3 is 2.52 bits per heavy atom. The van der Waals surface area contributed by atoms with Crippen LogP contribution in [0.25, 0.3) is 10.4 Å². The van der Waals surface area contributed by atoms with Gasteiger partial charge in [-0.25, -0.2) is 4.79 Å². The Balaban J connectivity index is 1.77. The second-order valence-electron chi connectivity index (χ2n) is 7.11. The molecule has 1 N–H and O–H groups in total. The maximum Gasteiger partial charge on any atom is 0.341 e. The molecule has 162 valence electrons. The number of hydrogen-bond donors (Lipinski definition) is 1. The molecule has 0 spiro atoms. The van der Waals surface area contributed by atoms with E-state index in [0.717, 1.165) is 20.5 Å². The van der Waals surface area contributed by atoms with Crippen LogP contribution in [0.15, 0.2) is 59.1 Å². The molecular weight excluding hydrogens is 478 g/mol. The third-order valence-corrected chi connectivity index (χ3v) is 6.08. The Kier molecular flexibility index (Phi) is 7.87. The standard InChI is InChI=1S/C24H24BrNO4S/c1-4-29-24(28)19-13-21(16-8-6-5-7-9-16)31-23(19)26-22(27)14-30-20-11-10-17(25)12-18(20)15(2)3/h5-13,15H,4,14H2,1-3H3,(H,26,27). The van der Waals surface area contributed by atoms with E-state index in [-0.39, 0.29) is 25.0 Å². The number of carbonyl (C=O) groups is 2. The van der Waals surface area contributed by atoms with Crippen LogP contribution in [0, 0.1) is 0 Å². The predicted octanol–water partition coefficient (Wildman–Crippen LogP) is 6.50. The first-order chi connectivity index (χ1) is 14.9. The molecule has 0 aliphatic carbocycles. The molecule has 0 atom stereocenters. The van der Waals surface area contributed by atoms with Crippen LogP contribution in [0.5, 0.6) is 5.75 Å². The molecule has 0 aliphatic rings. The third kappa shape index (κ3) is 5.95. The molecule has 2 aromatic carbocycles. The molecule has 0 unspecified atom stereocenters. The van der Waals surface area contributed by atoms with Crippen molar-refractivity contribution in [3.63, 3.8) is 0 Å². The van der Waals surface area contributed by atoms with E-state index in [9.17, 15) is 9.59 Å². The molecule has 0 fully saturated rings. The van der Waals surface area contributed by atoms with Gasteiger partial charge in [-0.05, 0) is 48.2 Å². The van der Waals surface area contributed by atoms with Crippen LogP contribution in [0.4, 0.5) is 5.00 Å². The van der Waals surface area contributed by atoms with E-state index in [1.165, 1.54) is 11.3 Å². The maximum absolute atomic E-state index is 12.6. The SMILES string of the molecule is CCOC(=O)c1cc(-c2ccccc2)sc1NC(=O)COc1ccc(Br)cc1C(C)C. The van der Waals surface area contributed by atoms with Gasteiger partial charge in [0.1, 0.15) is 10.8 Å². The van der Waals surface area contributed by atoms with Crippen molar-refractivity contribution in [1.29, 1.82) is 0 Å². The van der Waals surface area contributed by atoms with Gasteiger partial charge in [-0.15, -0.1) is 11.3 Å². The fraction of sp³-hybridized carbons (Fsp3) is 0.250. The zero-order valence-corrected chi connectivity index (χ0v) is 20.0. The summed E-state index contributed by atoms with van der Waals surface area (Å²) in [6.45, 7) is 5.97. The highest BCUT2D eigenvalue weighted by Crippen LogP contribution is 2.36. The lowest BCUT2D eigenvalue weighted by molar-refractivity contribution is -0.118. The van der Waals surface area contributed by atoms with Gasteiger partial charge in [-0.2, -0.15) is 0 Å². The zero-order chi connectivity index (χ0) is 22.4. The van der Waals surface area contributed by atoms with Crippen molar-refractivity contribution >= 4 is 44.1 Å². The quantitative estimate of drug-likeness (QED) is 0.358. The van der Waals surface area contributed by atoms with E-state index >= 15 is 0 Å². The molecule has 1 heterocycles. The minimum Gasteiger partial charge on any atom is -0.483 e. The van der Waals surface area contributed by atoms with Crippen molar-refractivity contribution in [3.05, 3.63) is 70.2 Å². The smallest absolute Gasteiger partial charge is 0.341 e. The molecule has 0 aliphatic heterocycles. The number of thiophene rings is 1. The lowest BCUT2D eigenvalue weighted by atomic mass is 10.0.